The van der Waals surface area contributed by atoms with Crippen molar-refractivity contribution in [2.75, 3.05) is 7.11 Å². The van der Waals surface area contributed by atoms with Crippen LogP contribution in [0.15, 0.2) is 12.1 Å². The zero-order chi connectivity index (χ0) is 10.6. The van der Waals surface area contributed by atoms with E-state index < -0.39 is 0 Å². The summed E-state index contributed by atoms with van der Waals surface area (Å²) in [5.41, 5.74) is 2.86. The molecule has 0 bridgehead atoms. The molecule has 0 aliphatic rings. The lowest BCUT2D eigenvalue weighted by atomic mass is 10.1. The molecule has 1 aromatic rings. The Bertz CT molecular complexity index is 312. The van der Waals surface area contributed by atoms with Gasteiger partial charge in [0.15, 0.2) is 23.0 Å². The Balaban J connectivity index is 3.17. The molecule has 0 aliphatic heterocycles. The first-order valence-electron chi connectivity index (χ1n) is 4.23. The molecular weight excluding hydrogens is 295 g/mol. The average Bonchev–Trinajstić information content (AvgIpc) is 2.17. The van der Waals surface area contributed by atoms with E-state index in [2.05, 4.69) is 0 Å². The van der Waals surface area contributed by atoms with Crippen LogP contribution in [-0.2, 0) is 18.0 Å². The normalized spacial score (nSPS) is 10.3. The highest BCUT2D eigenvalue weighted by atomic mass is 127. The minimum atomic E-state index is -0.0171. The van der Waals surface area contributed by atoms with Gasteiger partial charge in [0.05, 0.1) is 13.2 Å². The van der Waals surface area contributed by atoms with Gasteiger partial charge < -0.3 is 12.9 Å². The smallest absolute Gasteiger partial charge is 0.192 e. The van der Waals surface area contributed by atoms with E-state index in [1.807, 2.05) is 42.1 Å². The lowest BCUT2D eigenvalue weighted by Gasteiger charge is -2.11. The van der Waals surface area contributed by atoms with Gasteiger partial charge in [0.25, 0.3) is 0 Å². The Labute approximate surface area is 97.7 Å². The summed E-state index contributed by atoms with van der Waals surface area (Å²) < 4.78 is 10.3. The Morgan fingerprint density at radius 3 is 2.50 bits per heavy atom. The molecule has 14 heavy (non-hydrogen) atoms. The molecule has 3 nitrogen and oxygen atoms in total. The predicted molar refractivity (Wildman–Crippen MR) is 62.5 cm³/mol. The van der Waals surface area contributed by atoms with Crippen LogP contribution in [0.25, 0.3) is 0 Å². The lowest BCUT2D eigenvalue weighted by molar-refractivity contribution is 0.183. The van der Waals surface area contributed by atoms with E-state index in [1.165, 1.54) is 0 Å². The molecule has 0 heterocycles. The summed E-state index contributed by atoms with van der Waals surface area (Å²) in [6.45, 7) is 2.46. The maximum absolute atomic E-state index is 9.14. The molecule has 0 atom stereocenters. The van der Waals surface area contributed by atoms with Crippen LogP contribution in [0.5, 0.6) is 5.75 Å². The number of hydrogen-bond acceptors (Lipinski definition) is 3. The van der Waals surface area contributed by atoms with Crippen molar-refractivity contribution in [3.63, 3.8) is 0 Å². The molecule has 1 N–H and O–H groups in total. The van der Waals surface area contributed by atoms with Gasteiger partial charge in [-0.1, -0.05) is 11.6 Å². The van der Waals surface area contributed by atoms with E-state index in [9.17, 15) is 0 Å². The van der Waals surface area contributed by atoms with Gasteiger partial charge in [0.1, 0.15) is 5.75 Å². The van der Waals surface area contributed by atoms with Crippen molar-refractivity contribution in [3.8, 4) is 5.75 Å². The largest absolute Gasteiger partial charge is 0.427 e. The third-order valence-electron chi connectivity index (χ3n) is 1.93. The maximum Gasteiger partial charge on any atom is 0.192 e. The van der Waals surface area contributed by atoms with Crippen LogP contribution in [-0.4, -0.2) is 12.2 Å². The van der Waals surface area contributed by atoms with Gasteiger partial charge in [-0.25, -0.2) is 0 Å². The van der Waals surface area contributed by atoms with E-state index in [0.717, 1.165) is 16.7 Å². The van der Waals surface area contributed by atoms with Gasteiger partial charge in [-0.3, -0.25) is 0 Å². The molecule has 4 heteroatoms. The van der Waals surface area contributed by atoms with Gasteiger partial charge in [0.2, 0.25) is 0 Å². The lowest BCUT2D eigenvalue weighted by Crippen LogP contribution is -1.97. The van der Waals surface area contributed by atoms with Crippen molar-refractivity contribution in [3.05, 3.63) is 28.8 Å². The summed E-state index contributed by atoms with van der Waals surface area (Å²) in [6, 6.07) is 3.91. The molecule has 0 saturated heterocycles. The quantitative estimate of drug-likeness (QED) is 0.868. The molecule has 0 radical (unpaired) electrons. The van der Waals surface area contributed by atoms with Crippen LogP contribution >= 0.6 is 23.0 Å². The van der Waals surface area contributed by atoms with Crippen molar-refractivity contribution in [1.82, 2.24) is 0 Å². The molecule has 0 spiro atoms. The summed E-state index contributed by atoms with van der Waals surface area (Å²) in [6.07, 6.45) is 0. The fraction of sp³-hybridized carbons (Fsp3) is 0.400. The number of hydrogen-bond donors (Lipinski definition) is 1. The van der Waals surface area contributed by atoms with Crippen molar-refractivity contribution in [2.45, 2.75) is 20.1 Å². The molecular formula is C10H13IO3. The van der Waals surface area contributed by atoms with Gasteiger partial charge >= 0.3 is 0 Å². The number of benzene rings is 1. The van der Waals surface area contributed by atoms with Crippen LogP contribution in [0.2, 0.25) is 0 Å². The van der Waals surface area contributed by atoms with E-state index >= 15 is 0 Å². The summed E-state index contributed by atoms with van der Waals surface area (Å²) in [7, 11) is 1.64. The van der Waals surface area contributed by atoms with Crippen LogP contribution in [0, 0.1) is 6.92 Å². The third kappa shape index (κ3) is 2.59. The van der Waals surface area contributed by atoms with E-state index in [0.29, 0.717) is 12.4 Å². The Morgan fingerprint density at radius 1 is 1.36 bits per heavy atom. The van der Waals surface area contributed by atoms with Crippen LogP contribution < -0.4 is 3.07 Å². The molecule has 1 aromatic carbocycles. The SMILES string of the molecule is COCc1cc(C)cc(CO)c1OI. The number of halogens is 1. The van der Waals surface area contributed by atoms with Crippen LogP contribution in [0.1, 0.15) is 16.7 Å². The minimum absolute atomic E-state index is 0.0171. The zero-order valence-electron chi connectivity index (χ0n) is 8.21. The van der Waals surface area contributed by atoms with Gasteiger partial charge in [0, 0.05) is 18.2 Å². The molecule has 78 valence electrons. The molecule has 0 unspecified atom stereocenters. The monoisotopic (exact) mass is 308 g/mol. The predicted octanol–water partition coefficient (Wildman–Crippen LogP) is 2.36. The number of rotatable bonds is 4. The Hall–Kier alpha value is -0.330. The fourth-order valence-corrected chi connectivity index (χ4v) is 1.97. The molecule has 1 rings (SSSR count). The first-order chi connectivity index (χ1) is 6.72. The zero-order valence-corrected chi connectivity index (χ0v) is 10.4. The maximum atomic E-state index is 9.14. The number of methoxy groups -OCH3 is 1. The second-order valence-electron chi connectivity index (χ2n) is 3.08. The molecule has 0 aliphatic carbocycles. The number of ether oxygens (including phenoxy) is 1. The second kappa shape index (κ2) is 5.53. The van der Waals surface area contributed by atoms with E-state index in [4.69, 9.17) is 12.9 Å². The van der Waals surface area contributed by atoms with Gasteiger partial charge in [-0.15, -0.1) is 0 Å². The fourth-order valence-electron chi connectivity index (χ4n) is 1.41. The molecule has 0 amide bonds. The molecule has 0 aromatic heterocycles. The number of aliphatic hydroxyl groups excluding tert-OH is 1. The first kappa shape index (κ1) is 11.7. The number of aliphatic hydroxyl groups is 1. The average molecular weight is 308 g/mol. The van der Waals surface area contributed by atoms with Gasteiger partial charge in [-0.05, 0) is 13.0 Å². The highest BCUT2D eigenvalue weighted by molar-refractivity contribution is 14.1. The Morgan fingerprint density at radius 2 is 2.00 bits per heavy atom. The number of aryl methyl sites for hydroxylation is 1. The highest BCUT2D eigenvalue weighted by Gasteiger charge is 2.10. The van der Waals surface area contributed by atoms with Crippen molar-refractivity contribution < 1.29 is 12.9 Å². The van der Waals surface area contributed by atoms with E-state index in [1.54, 1.807) is 7.11 Å². The van der Waals surface area contributed by atoms with Crippen LogP contribution in [0.4, 0.5) is 0 Å². The summed E-state index contributed by atoms with van der Waals surface area (Å²) in [5.74, 6) is 0.709. The summed E-state index contributed by atoms with van der Waals surface area (Å²) >= 11 is 1.81. The van der Waals surface area contributed by atoms with E-state index in [-0.39, 0.29) is 6.61 Å². The summed E-state index contributed by atoms with van der Waals surface area (Å²) in [4.78, 5) is 0. The first-order valence-corrected chi connectivity index (χ1v) is 5.11. The summed E-state index contributed by atoms with van der Waals surface area (Å²) in [5, 5.41) is 9.14. The Kier molecular flexibility index (Phi) is 4.64. The van der Waals surface area contributed by atoms with Crippen LogP contribution in [0.3, 0.4) is 0 Å². The highest BCUT2D eigenvalue weighted by Crippen LogP contribution is 2.28. The molecule has 0 saturated carbocycles. The standard InChI is InChI=1S/C10H13IO3/c1-7-3-8(5-12)10(14-11)9(4-7)6-13-2/h3-4,12H,5-6H2,1-2H3. The molecule has 0 fully saturated rings. The minimum Gasteiger partial charge on any atom is -0.427 e. The third-order valence-corrected chi connectivity index (χ3v) is 2.37. The van der Waals surface area contributed by atoms with Crippen molar-refractivity contribution in [1.29, 1.82) is 0 Å². The van der Waals surface area contributed by atoms with Crippen molar-refractivity contribution >= 4 is 23.0 Å². The topological polar surface area (TPSA) is 38.7 Å². The van der Waals surface area contributed by atoms with Crippen molar-refractivity contribution in [2.24, 2.45) is 0 Å². The second-order valence-corrected chi connectivity index (χ2v) is 3.52. The van der Waals surface area contributed by atoms with Gasteiger partial charge in [-0.2, -0.15) is 0 Å².